The second kappa shape index (κ2) is 8.39. The number of hydrogen-bond acceptors (Lipinski definition) is 3. The first-order chi connectivity index (χ1) is 9.55. The van der Waals surface area contributed by atoms with Gasteiger partial charge >= 0.3 is 0 Å². The van der Waals surface area contributed by atoms with E-state index in [1.165, 1.54) is 6.07 Å². The van der Waals surface area contributed by atoms with E-state index in [4.69, 9.17) is 0 Å². The number of aliphatic hydroxyl groups excluding tert-OH is 1. The molecule has 0 aliphatic rings. The summed E-state index contributed by atoms with van der Waals surface area (Å²) in [6, 6.07) is 6.55. The Kier molecular flexibility index (Phi) is 7.19. The van der Waals surface area contributed by atoms with Gasteiger partial charge in [0.25, 0.3) is 0 Å². The standard InChI is InChI=1S/C15H25NO3S/c1-3-5-8-13(4-2)11-16-20(18,19)15-10-7-6-9-14(15)12-17/h6-7,9-10,13,16-17H,3-5,8,11-12H2,1-2H3. The molecule has 0 bridgehead atoms. The minimum atomic E-state index is -3.54. The maximum Gasteiger partial charge on any atom is 0.240 e. The lowest BCUT2D eigenvalue weighted by atomic mass is 10.00. The largest absolute Gasteiger partial charge is 0.392 e. The van der Waals surface area contributed by atoms with Gasteiger partial charge in [0.2, 0.25) is 10.0 Å². The van der Waals surface area contributed by atoms with E-state index in [1.54, 1.807) is 18.2 Å². The van der Waals surface area contributed by atoms with Gasteiger partial charge in [-0.2, -0.15) is 0 Å². The van der Waals surface area contributed by atoms with Crippen LogP contribution in [-0.4, -0.2) is 20.1 Å². The fourth-order valence-corrected chi connectivity index (χ4v) is 3.49. The zero-order valence-electron chi connectivity index (χ0n) is 12.3. The predicted molar refractivity (Wildman–Crippen MR) is 80.9 cm³/mol. The Morgan fingerprint density at radius 1 is 1.25 bits per heavy atom. The monoisotopic (exact) mass is 299 g/mol. The Balaban J connectivity index is 2.74. The fourth-order valence-electron chi connectivity index (χ4n) is 2.15. The van der Waals surface area contributed by atoms with Gasteiger partial charge < -0.3 is 5.11 Å². The van der Waals surface area contributed by atoms with Crippen LogP contribution in [0.4, 0.5) is 0 Å². The third-order valence-corrected chi connectivity index (χ3v) is 5.06. The van der Waals surface area contributed by atoms with Gasteiger partial charge in [-0.25, -0.2) is 13.1 Å². The second-order valence-electron chi connectivity index (χ2n) is 5.03. The second-order valence-corrected chi connectivity index (χ2v) is 6.77. The maximum atomic E-state index is 12.3. The number of hydrogen-bond donors (Lipinski definition) is 2. The van der Waals surface area contributed by atoms with Gasteiger partial charge in [-0.1, -0.05) is 51.3 Å². The van der Waals surface area contributed by atoms with E-state index in [9.17, 15) is 13.5 Å². The molecule has 0 radical (unpaired) electrons. The number of unbranched alkanes of at least 4 members (excludes halogenated alkanes) is 1. The molecule has 20 heavy (non-hydrogen) atoms. The first-order valence-corrected chi connectivity index (χ1v) is 8.71. The number of nitrogens with one attached hydrogen (secondary N) is 1. The fraction of sp³-hybridized carbons (Fsp3) is 0.600. The van der Waals surface area contributed by atoms with Crippen LogP contribution < -0.4 is 4.72 Å². The van der Waals surface area contributed by atoms with Crippen LogP contribution in [0.1, 0.15) is 45.1 Å². The average Bonchev–Trinajstić information content (AvgIpc) is 2.47. The van der Waals surface area contributed by atoms with Crippen molar-refractivity contribution in [2.45, 2.75) is 51.0 Å². The number of rotatable bonds is 9. The average molecular weight is 299 g/mol. The summed E-state index contributed by atoms with van der Waals surface area (Å²) in [5.41, 5.74) is 0.432. The smallest absolute Gasteiger partial charge is 0.240 e. The Labute approximate surface area is 122 Å². The summed E-state index contributed by atoms with van der Waals surface area (Å²) in [6.07, 6.45) is 4.24. The van der Waals surface area contributed by atoms with Crippen molar-refractivity contribution in [2.24, 2.45) is 5.92 Å². The van der Waals surface area contributed by atoms with Crippen LogP contribution in [0.15, 0.2) is 29.2 Å². The topological polar surface area (TPSA) is 66.4 Å². The first kappa shape index (κ1) is 17.1. The molecular formula is C15H25NO3S. The van der Waals surface area contributed by atoms with Gasteiger partial charge in [0.05, 0.1) is 11.5 Å². The van der Waals surface area contributed by atoms with Crippen molar-refractivity contribution in [2.75, 3.05) is 6.54 Å². The summed E-state index contributed by atoms with van der Waals surface area (Å²) in [7, 11) is -3.54. The molecule has 0 saturated carbocycles. The van der Waals surface area contributed by atoms with E-state index in [-0.39, 0.29) is 11.5 Å². The lowest BCUT2D eigenvalue weighted by Gasteiger charge is -2.16. The van der Waals surface area contributed by atoms with Gasteiger partial charge in [-0.05, 0) is 24.0 Å². The maximum absolute atomic E-state index is 12.3. The molecule has 0 amide bonds. The molecule has 0 fully saturated rings. The normalized spacial score (nSPS) is 13.3. The Bertz CT molecular complexity index is 500. The molecular weight excluding hydrogens is 274 g/mol. The van der Waals surface area contributed by atoms with E-state index in [2.05, 4.69) is 18.6 Å². The predicted octanol–water partition coefficient (Wildman–Crippen LogP) is 2.67. The van der Waals surface area contributed by atoms with E-state index < -0.39 is 10.0 Å². The van der Waals surface area contributed by atoms with Crippen LogP contribution in [-0.2, 0) is 16.6 Å². The van der Waals surface area contributed by atoms with Crippen molar-refractivity contribution < 1.29 is 13.5 Å². The zero-order chi connectivity index (χ0) is 15.0. The minimum absolute atomic E-state index is 0.174. The highest BCUT2D eigenvalue weighted by Crippen LogP contribution is 2.17. The molecule has 1 aromatic carbocycles. The van der Waals surface area contributed by atoms with Gasteiger partial charge in [0.1, 0.15) is 0 Å². The van der Waals surface area contributed by atoms with Crippen LogP contribution in [0, 0.1) is 5.92 Å². The lowest BCUT2D eigenvalue weighted by Crippen LogP contribution is -2.30. The highest BCUT2D eigenvalue weighted by molar-refractivity contribution is 7.89. The molecule has 4 nitrogen and oxygen atoms in total. The molecule has 0 spiro atoms. The molecule has 114 valence electrons. The minimum Gasteiger partial charge on any atom is -0.392 e. The first-order valence-electron chi connectivity index (χ1n) is 7.23. The van der Waals surface area contributed by atoms with Gasteiger partial charge in [-0.3, -0.25) is 0 Å². The third kappa shape index (κ3) is 4.89. The van der Waals surface area contributed by atoms with Crippen molar-refractivity contribution in [1.29, 1.82) is 0 Å². The summed E-state index contributed by atoms with van der Waals surface area (Å²) in [6.45, 7) is 4.40. The molecule has 1 aromatic rings. The van der Waals surface area contributed by atoms with Crippen LogP contribution in [0.2, 0.25) is 0 Å². The number of benzene rings is 1. The highest BCUT2D eigenvalue weighted by Gasteiger charge is 2.18. The Morgan fingerprint density at radius 2 is 1.95 bits per heavy atom. The Morgan fingerprint density at radius 3 is 2.55 bits per heavy atom. The SMILES string of the molecule is CCCCC(CC)CNS(=O)(=O)c1ccccc1CO. The van der Waals surface area contributed by atoms with Crippen LogP contribution in [0.5, 0.6) is 0 Å². The van der Waals surface area contributed by atoms with Gasteiger partial charge in [0, 0.05) is 6.54 Å². The van der Waals surface area contributed by atoms with E-state index >= 15 is 0 Å². The molecule has 1 rings (SSSR count). The molecule has 1 atom stereocenters. The lowest BCUT2D eigenvalue weighted by molar-refractivity contribution is 0.278. The Hall–Kier alpha value is -0.910. The molecule has 0 aliphatic heterocycles. The van der Waals surface area contributed by atoms with Crippen LogP contribution in [0.25, 0.3) is 0 Å². The van der Waals surface area contributed by atoms with Crippen molar-refractivity contribution in [1.82, 2.24) is 4.72 Å². The van der Waals surface area contributed by atoms with Crippen LogP contribution in [0.3, 0.4) is 0 Å². The van der Waals surface area contributed by atoms with Crippen molar-refractivity contribution in [3.8, 4) is 0 Å². The summed E-state index contributed by atoms with van der Waals surface area (Å²) in [4.78, 5) is 0.174. The van der Waals surface area contributed by atoms with Crippen molar-refractivity contribution in [3.05, 3.63) is 29.8 Å². The molecule has 0 aromatic heterocycles. The number of sulfonamides is 1. The van der Waals surface area contributed by atoms with E-state index in [0.717, 1.165) is 25.7 Å². The van der Waals surface area contributed by atoms with Gasteiger partial charge in [0.15, 0.2) is 0 Å². The zero-order valence-corrected chi connectivity index (χ0v) is 13.1. The molecule has 2 N–H and O–H groups in total. The van der Waals surface area contributed by atoms with Crippen LogP contribution >= 0.6 is 0 Å². The summed E-state index contributed by atoms with van der Waals surface area (Å²) in [5, 5.41) is 9.23. The molecule has 1 unspecified atom stereocenters. The van der Waals surface area contributed by atoms with Crippen molar-refractivity contribution >= 4 is 10.0 Å². The summed E-state index contributed by atoms with van der Waals surface area (Å²) in [5.74, 6) is 0.367. The summed E-state index contributed by atoms with van der Waals surface area (Å²) >= 11 is 0. The van der Waals surface area contributed by atoms with E-state index in [1.807, 2.05) is 0 Å². The van der Waals surface area contributed by atoms with E-state index in [0.29, 0.717) is 18.0 Å². The van der Waals surface area contributed by atoms with Crippen molar-refractivity contribution in [3.63, 3.8) is 0 Å². The molecule has 0 saturated heterocycles. The third-order valence-electron chi connectivity index (χ3n) is 3.54. The quantitative estimate of drug-likeness (QED) is 0.736. The summed E-state index contributed by atoms with van der Waals surface area (Å²) < 4.78 is 27.2. The van der Waals surface area contributed by atoms with Gasteiger partial charge in [-0.15, -0.1) is 0 Å². The molecule has 5 heteroatoms. The molecule has 0 heterocycles. The highest BCUT2D eigenvalue weighted by atomic mass is 32.2. The molecule has 0 aliphatic carbocycles. The number of aliphatic hydroxyl groups is 1.